The van der Waals surface area contributed by atoms with Crippen LogP contribution in [0.25, 0.3) is 6.08 Å². The quantitative estimate of drug-likeness (QED) is 0.241. The van der Waals surface area contributed by atoms with Crippen LogP contribution in [0.15, 0.2) is 76.1 Å². The molecule has 1 aliphatic heterocycles. The molecule has 0 unspecified atom stereocenters. The van der Waals surface area contributed by atoms with Crippen molar-refractivity contribution in [3.05, 3.63) is 92.8 Å². The van der Waals surface area contributed by atoms with Crippen LogP contribution in [-0.4, -0.2) is 16.8 Å². The number of ether oxygens (including phenoxy) is 2. The van der Waals surface area contributed by atoms with Crippen LogP contribution < -0.4 is 14.4 Å². The van der Waals surface area contributed by atoms with Crippen LogP contribution in [0.2, 0.25) is 0 Å². The summed E-state index contributed by atoms with van der Waals surface area (Å²) in [6.45, 7) is 2.60. The molecule has 34 heavy (non-hydrogen) atoms. The van der Waals surface area contributed by atoms with Crippen molar-refractivity contribution in [1.82, 2.24) is 0 Å². The number of halogens is 1. The van der Waals surface area contributed by atoms with Crippen LogP contribution >= 0.6 is 39.9 Å². The van der Waals surface area contributed by atoms with Gasteiger partial charge in [-0.25, -0.2) is 0 Å². The fourth-order valence-electron chi connectivity index (χ4n) is 3.37. The standard InChI is InChI=1S/C26H19BrN2O3S2/c1-2-31-23-12-17(10-11-22(23)32-16-19-7-4-3-6-18(19)15-28)13-24-25(30)29(26(33)34-24)21-9-5-8-20(27)14-21/h3-14H,2,16H2,1H3/b24-13+. The van der Waals surface area contributed by atoms with Crippen LogP contribution in [0.1, 0.15) is 23.6 Å². The van der Waals surface area contributed by atoms with E-state index in [1.54, 1.807) is 18.2 Å². The fourth-order valence-corrected chi connectivity index (χ4v) is 5.06. The van der Waals surface area contributed by atoms with Crippen LogP contribution in [-0.2, 0) is 11.4 Å². The number of hydrogen-bond acceptors (Lipinski definition) is 6. The molecule has 0 radical (unpaired) electrons. The predicted molar refractivity (Wildman–Crippen MR) is 143 cm³/mol. The Hall–Kier alpha value is -3.12. The molecule has 1 aliphatic rings. The molecule has 0 saturated carbocycles. The molecule has 170 valence electrons. The van der Waals surface area contributed by atoms with Crippen LogP contribution in [0.3, 0.4) is 0 Å². The Balaban J connectivity index is 1.57. The zero-order valence-corrected chi connectivity index (χ0v) is 21.4. The maximum Gasteiger partial charge on any atom is 0.270 e. The highest BCUT2D eigenvalue weighted by atomic mass is 79.9. The molecule has 4 rings (SSSR count). The van der Waals surface area contributed by atoms with Gasteiger partial charge in [-0.2, -0.15) is 5.26 Å². The van der Waals surface area contributed by atoms with Crippen molar-refractivity contribution in [2.45, 2.75) is 13.5 Å². The number of carbonyl (C=O) groups is 1. The third-order valence-corrected chi connectivity index (χ3v) is 6.74. The second kappa shape index (κ2) is 10.9. The molecular weight excluding hydrogens is 532 g/mol. The van der Waals surface area contributed by atoms with Crippen LogP contribution in [0.5, 0.6) is 11.5 Å². The Morgan fingerprint density at radius 3 is 2.68 bits per heavy atom. The zero-order valence-electron chi connectivity index (χ0n) is 18.2. The fraction of sp³-hybridized carbons (Fsp3) is 0.115. The van der Waals surface area contributed by atoms with E-state index in [-0.39, 0.29) is 12.5 Å². The van der Waals surface area contributed by atoms with Gasteiger partial charge in [-0.1, -0.05) is 70.2 Å². The topological polar surface area (TPSA) is 62.6 Å². The van der Waals surface area contributed by atoms with Crippen molar-refractivity contribution in [3.63, 3.8) is 0 Å². The van der Waals surface area contributed by atoms with E-state index in [9.17, 15) is 10.1 Å². The maximum absolute atomic E-state index is 13.1. The molecule has 0 spiro atoms. The van der Waals surface area contributed by atoms with E-state index in [1.165, 1.54) is 16.7 Å². The summed E-state index contributed by atoms with van der Waals surface area (Å²) in [5, 5.41) is 9.29. The molecule has 1 saturated heterocycles. The second-order valence-electron chi connectivity index (χ2n) is 7.19. The minimum atomic E-state index is -0.167. The molecule has 0 aromatic heterocycles. The lowest BCUT2D eigenvalue weighted by Gasteiger charge is -2.14. The molecule has 0 bridgehead atoms. The van der Waals surface area contributed by atoms with E-state index in [4.69, 9.17) is 21.7 Å². The highest BCUT2D eigenvalue weighted by Crippen LogP contribution is 2.38. The van der Waals surface area contributed by atoms with Crippen molar-refractivity contribution in [2.24, 2.45) is 0 Å². The lowest BCUT2D eigenvalue weighted by Crippen LogP contribution is -2.27. The number of carbonyl (C=O) groups excluding carboxylic acids is 1. The van der Waals surface area contributed by atoms with E-state index in [0.29, 0.717) is 32.9 Å². The minimum Gasteiger partial charge on any atom is -0.490 e. The maximum atomic E-state index is 13.1. The largest absolute Gasteiger partial charge is 0.490 e. The number of anilines is 1. The van der Waals surface area contributed by atoms with Gasteiger partial charge in [0.05, 0.1) is 28.8 Å². The van der Waals surface area contributed by atoms with Gasteiger partial charge in [0.25, 0.3) is 5.91 Å². The van der Waals surface area contributed by atoms with E-state index in [2.05, 4.69) is 22.0 Å². The first kappa shape index (κ1) is 24.0. The first-order valence-electron chi connectivity index (χ1n) is 10.4. The van der Waals surface area contributed by atoms with Crippen molar-refractivity contribution in [1.29, 1.82) is 5.26 Å². The summed E-state index contributed by atoms with van der Waals surface area (Å²) in [5.41, 5.74) is 2.89. The van der Waals surface area contributed by atoms with Crippen molar-refractivity contribution in [2.75, 3.05) is 11.5 Å². The normalized spacial score (nSPS) is 14.4. The molecule has 8 heteroatoms. The zero-order chi connectivity index (χ0) is 24.1. The number of rotatable bonds is 7. The van der Waals surface area contributed by atoms with Gasteiger partial charge in [-0.15, -0.1) is 0 Å². The smallest absolute Gasteiger partial charge is 0.270 e. The van der Waals surface area contributed by atoms with Gasteiger partial charge in [-0.05, 0) is 55.0 Å². The molecule has 3 aromatic carbocycles. The van der Waals surface area contributed by atoms with Crippen LogP contribution in [0.4, 0.5) is 5.69 Å². The number of benzene rings is 3. The molecule has 0 atom stereocenters. The molecular formula is C26H19BrN2O3S2. The summed E-state index contributed by atoms with van der Waals surface area (Å²) in [4.78, 5) is 15.1. The minimum absolute atomic E-state index is 0.167. The first-order valence-corrected chi connectivity index (χ1v) is 12.4. The van der Waals surface area contributed by atoms with E-state index in [0.717, 1.165) is 21.3 Å². The molecule has 1 amide bonds. The number of thiocarbonyl (C=S) groups is 1. The summed E-state index contributed by atoms with van der Waals surface area (Å²) in [6, 6.07) is 22.5. The Morgan fingerprint density at radius 2 is 1.91 bits per heavy atom. The van der Waals surface area contributed by atoms with Gasteiger partial charge in [0.15, 0.2) is 15.8 Å². The molecule has 1 heterocycles. The Bertz CT molecular complexity index is 1330. The van der Waals surface area contributed by atoms with E-state index in [1.807, 2.05) is 61.5 Å². The predicted octanol–water partition coefficient (Wildman–Crippen LogP) is 6.70. The van der Waals surface area contributed by atoms with E-state index < -0.39 is 0 Å². The molecule has 1 fully saturated rings. The summed E-state index contributed by atoms with van der Waals surface area (Å²) in [7, 11) is 0. The van der Waals surface area contributed by atoms with Crippen molar-refractivity contribution < 1.29 is 14.3 Å². The van der Waals surface area contributed by atoms with E-state index >= 15 is 0 Å². The number of thioether (sulfide) groups is 1. The van der Waals surface area contributed by atoms with Crippen molar-refractivity contribution >= 4 is 61.9 Å². The molecule has 0 N–H and O–H groups in total. The average molecular weight is 551 g/mol. The Kier molecular flexibility index (Phi) is 7.68. The van der Waals surface area contributed by atoms with Crippen LogP contribution in [0, 0.1) is 11.3 Å². The lowest BCUT2D eigenvalue weighted by molar-refractivity contribution is -0.113. The Morgan fingerprint density at radius 1 is 1.09 bits per heavy atom. The SMILES string of the molecule is CCOc1cc(/C=C2/SC(=S)N(c3cccc(Br)c3)C2=O)ccc1OCc1ccccc1C#N. The lowest BCUT2D eigenvalue weighted by atomic mass is 10.1. The summed E-state index contributed by atoms with van der Waals surface area (Å²) < 4.78 is 13.1. The summed E-state index contributed by atoms with van der Waals surface area (Å²) in [5.74, 6) is 0.959. The number of hydrogen-bond donors (Lipinski definition) is 0. The molecule has 3 aromatic rings. The molecule has 0 aliphatic carbocycles. The highest BCUT2D eigenvalue weighted by molar-refractivity contribution is 9.10. The summed E-state index contributed by atoms with van der Waals surface area (Å²) in [6.07, 6.45) is 1.80. The Labute approximate surface area is 216 Å². The first-order chi connectivity index (χ1) is 16.5. The van der Waals surface area contributed by atoms with Crippen molar-refractivity contribution in [3.8, 4) is 17.6 Å². The third-order valence-electron chi connectivity index (χ3n) is 4.95. The summed E-state index contributed by atoms with van der Waals surface area (Å²) >= 11 is 10.2. The number of nitrogens with zero attached hydrogens (tertiary/aromatic N) is 2. The molecule has 5 nitrogen and oxygen atoms in total. The van der Waals surface area contributed by atoms with Gasteiger partial charge < -0.3 is 9.47 Å². The highest BCUT2D eigenvalue weighted by Gasteiger charge is 2.33. The second-order valence-corrected chi connectivity index (χ2v) is 9.79. The number of amides is 1. The average Bonchev–Trinajstić information content (AvgIpc) is 3.11. The third kappa shape index (κ3) is 5.33. The van der Waals surface area contributed by atoms with Gasteiger partial charge >= 0.3 is 0 Å². The van der Waals surface area contributed by atoms with Gasteiger partial charge in [-0.3, -0.25) is 9.69 Å². The monoisotopic (exact) mass is 550 g/mol. The van der Waals surface area contributed by atoms with Gasteiger partial charge in [0.2, 0.25) is 0 Å². The number of nitriles is 1. The van der Waals surface area contributed by atoms with Gasteiger partial charge in [0, 0.05) is 10.0 Å². The van der Waals surface area contributed by atoms with Gasteiger partial charge in [0.1, 0.15) is 6.61 Å².